The Kier molecular flexibility index (Phi) is 4.60. The molecule has 24 heavy (non-hydrogen) atoms. The average molecular weight is 352 g/mol. The van der Waals surface area contributed by atoms with Gasteiger partial charge in [-0.1, -0.05) is 42.5 Å². The van der Waals surface area contributed by atoms with Gasteiger partial charge in [0.25, 0.3) is 0 Å². The van der Waals surface area contributed by atoms with Crippen molar-refractivity contribution in [2.24, 2.45) is 0 Å². The van der Waals surface area contributed by atoms with Gasteiger partial charge in [-0.05, 0) is 17.2 Å². The summed E-state index contributed by atoms with van der Waals surface area (Å²) >= 11 is 2.97. The molecule has 0 spiro atoms. The minimum atomic E-state index is 0.831. The molecule has 2 aromatic heterocycles. The Morgan fingerprint density at radius 3 is 2.62 bits per heavy atom. The number of hydrogen-bond donors (Lipinski definition) is 0. The van der Waals surface area contributed by atoms with Gasteiger partial charge >= 0.3 is 0 Å². The summed E-state index contributed by atoms with van der Waals surface area (Å²) in [6.45, 7) is 2.55. The van der Waals surface area contributed by atoms with Gasteiger partial charge in [0.15, 0.2) is 0 Å². The summed E-state index contributed by atoms with van der Waals surface area (Å²) in [7, 11) is 0. The van der Waals surface area contributed by atoms with Crippen LogP contribution in [-0.2, 0) is 19.6 Å². The molecule has 0 fully saturated rings. The van der Waals surface area contributed by atoms with Gasteiger partial charge < -0.3 is 0 Å². The minimum absolute atomic E-state index is 0.831. The van der Waals surface area contributed by atoms with Crippen LogP contribution in [0.15, 0.2) is 60.1 Å². The lowest BCUT2D eigenvalue weighted by Gasteiger charge is -2.21. The lowest BCUT2D eigenvalue weighted by atomic mass is 10.1. The van der Waals surface area contributed by atoms with E-state index in [-0.39, 0.29) is 0 Å². The van der Waals surface area contributed by atoms with Gasteiger partial charge in [0.1, 0.15) is 16.0 Å². The fraction of sp³-hybridized carbons (Fsp3) is 0.167. The summed E-state index contributed by atoms with van der Waals surface area (Å²) in [5.74, 6) is 0. The maximum Gasteiger partial charge on any atom is 0.109 e. The zero-order valence-corrected chi connectivity index (χ0v) is 14.6. The molecule has 0 radical (unpaired) electrons. The first-order valence-corrected chi connectivity index (χ1v) is 9.34. The number of nitrogens with zero attached hydrogens (tertiary/aromatic N) is 4. The third kappa shape index (κ3) is 3.51. The first-order chi connectivity index (χ1) is 11.9. The number of fused-ring (bicyclic) bond motifs is 1. The predicted molar refractivity (Wildman–Crippen MR) is 98.9 cm³/mol. The van der Waals surface area contributed by atoms with Gasteiger partial charge in [-0.25, -0.2) is 4.98 Å². The van der Waals surface area contributed by atoms with Gasteiger partial charge in [0.2, 0.25) is 0 Å². The van der Waals surface area contributed by atoms with Crippen molar-refractivity contribution in [2.75, 3.05) is 0 Å². The Morgan fingerprint density at radius 2 is 1.79 bits per heavy atom. The summed E-state index contributed by atoms with van der Waals surface area (Å²) in [6.07, 6.45) is 1.87. The van der Waals surface area contributed by atoms with Crippen LogP contribution in [0.2, 0.25) is 0 Å². The van der Waals surface area contributed by atoms with Crippen molar-refractivity contribution < 1.29 is 0 Å². The molecule has 6 heteroatoms. The molecule has 0 atom stereocenters. The molecule has 0 aliphatic carbocycles. The van der Waals surface area contributed by atoms with Crippen LogP contribution in [0.5, 0.6) is 0 Å². The van der Waals surface area contributed by atoms with E-state index < -0.39 is 0 Å². The minimum Gasteiger partial charge on any atom is -0.288 e. The average Bonchev–Trinajstić information content (AvgIpc) is 3.27. The molecule has 0 N–H and O–H groups in total. The van der Waals surface area contributed by atoms with Crippen molar-refractivity contribution in [1.82, 2.24) is 18.6 Å². The third-order valence-electron chi connectivity index (χ3n) is 3.85. The Labute approximate surface area is 148 Å². The molecule has 0 bridgehead atoms. The number of benzene rings is 2. The molecule has 0 saturated heterocycles. The van der Waals surface area contributed by atoms with Crippen molar-refractivity contribution in [3.63, 3.8) is 0 Å². The van der Waals surface area contributed by atoms with Crippen LogP contribution in [-0.4, -0.2) is 18.6 Å². The molecule has 4 rings (SSSR count). The van der Waals surface area contributed by atoms with E-state index in [2.05, 4.69) is 61.1 Å². The highest BCUT2D eigenvalue weighted by molar-refractivity contribution is 7.09. The van der Waals surface area contributed by atoms with Crippen molar-refractivity contribution in [2.45, 2.75) is 19.6 Å². The van der Waals surface area contributed by atoms with Crippen LogP contribution in [0.25, 0.3) is 11.0 Å². The summed E-state index contributed by atoms with van der Waals surface area (Å²) in [6, 6.07) is 16.8. The molecule has 0 unspecified atom stereocenters. The molecule has 4 aromatic rings. The lowest BCUT2D eigenvalue weighted by molar-refractivity contribution is 0.248. The van der Waals surface area contributed by atoms with Gasteiger partial charge in [0, 0.05) is 24.7 Å². The Hall–Kier alpha value is -2.15. The van der Waals surface area contributed by atoms with E-state index in [1.165, 1.54) is 22.9 Å². The van der Waals surface area contributed by atoms with E-state index in [0.717, 1.165) is 35.7 Å². The number of aromatic nitrogens is 3. The van der Waals surface area contributed by atoms with Crippen LogP contribution in [0, 0.1) is 0 Å². The van der Waals surface area contributed by atoms with Crippen molar-refractivity contribution in [3.8, 4) is 0 Å². The van der Waals surface area contributed by atoms with E-state index in [1.807, 2.05) is 17.6 Å². The Balaban J connectivity index is 1.60. The summed E-state index contributed by atoms with van der Waals surface area (Å²) < 4.78 is 8.81. The molecule has 0 saturated carbocycles. The molecule has 0 aliphatic heterocycles. The summed E-state index contributed by atoms with van der Waals surface area (Å²) in [5, 5.41) is 3.16. The van der Waals surface area contributed by atoms with Crippen LogP contribution in [0.4, 0.5) is 0 Å². The van der Waals surface area contributed by atoms with Gasteiger partial charge in [-0.15, -0.1) is 11.3 Å². The lowest BCUT2D eigenvalue weighted by Crippen LogP contribution is -2.22. The van der Waals surface area contributed by atoms with E-state index >= 15 is 0 Å². The molecule has 2 aromatic carbocycles. The third-order valence-corrected chi connectivity index (χ3v) is 5.16. The van der Waals surface area contributed by atoms with Crippen molar-refractivity contribution >= 4 is 34.1 Å². The van der Waals surface area contributed by atoms with Crippen LogP contribution < -0.4 is 0 Å². The molecule has 2 heterocycles. The molecular weight excluding hydrogens is 336 g/mol. The number of hydrogen-bond acceptors (Lipinski definition) is 6. The van der Waals surface area contributed by atoms with E-state index in [1.54, 1.807) is 11.3 Å². The second-order valence-electron chi connectivity index (χ2n) is 5.61. The molecule has 4 nitrogen and oxygen atoms in total. The van der Waals surface area contributed by atoms with Crippen molar-refractivity contribution in [1.29, 1.82) is 0 Å². The van der Waals surface area contributed by atoms with Crippen LogP contribution in [0.1, 0.15) is 16.1 Å². The van der Waals surface area contributed by atoms with Crippen LogP contribution in [0.3, 0.4) is 0 Å². The second-order valence-corrected chi connectivity index (χ2v) is 7.11. The SMILES string of the molecule is c1ccc(CN(Cc2nccs2)Cc2cccc3nsnc23)cc1. The largest absolute Gasteiger partial charge is 0.288 e. The second kappa shape index (κ2) is 7.17. The van der Waals surface area contributed by atoms with Crippen LogP contribution >= 0.6 is 23.1 Å². The predicted octanol–water partition coefficient (Wildman–Crippen LogP) is 4.35. The summed E-state index contributed by atoms with van der Waals surface area (Å²) in [4.78, 5) is 6.85. The highest BCUT2D eigenvalue weighted by Gasteiger charge is 2.13. The van der Waals surface area contributed by atoms with E-state index in [0.29, 0.717) is 0 Å². The standard InChI is InChI=1S/C18H16N4S2/c1-2-5-14(6-3-1)11-22(13-17-19-9-10-23-17)12-15-7-4-8-16-18(15)21-24-20-16/h1-10H,11-13H2. The van der Waals surface area contributed by atoms with E-state index in [4.69, 9.17) is 0 Å². The fourth-order valence-corrected chi connectivity index (χ4v) is 3.99. The summed E-state index contributed by atoms with van der Waals surface area (Å²) in [5.41, 5.74) is 4.51. The zero-order chi connectivity index (χ0) is 16.2. The van der Waals surface area contributed by atoms with Crippen molar-refractivity contribution in [3.05, 3.63) is 76.2 Å². The molecular formula is C18H16N4S2. The van der Waals surface area contributed by atoms with E-state index in [9.17, 15) is 0 Å². The van der Waals surface area contributed by atoms with Gasteiger partial charge in [-0.3, -0.25) is 4.90 Å². The first-order valence-electron chi connectivity index (χ1n) is 7.73. The molecule has 120 valence electrons. The molecule has 0 aliphatic rings. The van der Waals surface area contributed by atoms with Gasteiger partial charge in [-0.2, -0.15) is 8.75 Å². The highest BCUT2D eigenvalue weighted by Crippen LogP contribution is 2.21. The Morgan fingerprint density at radius 1 is 0.875 bits per heavy atom. The molecule has 0 amide bonds. The number of thiazole rings is 1. The zero-order valence-electron chi connectivity index (χ0n) is 13.0. The number of rotatable bonds is 6. The quantitative estimate of drug-likeness (QED) is 0.517. The maximum absolute atomic E-state index is 4.47. The fourth-order valence-electron chi connectivity index (χ4n) is 2.76. The Bertz CT molecular complexity index is 903. The first kappa shape index (κ1) is 15.4. The van der Waals surface area contributed by atoms with Gasteiger partial charge in [0.05, 0.1) is 18.3 Å². The maximum atomic E-state index is 4.47. The highest BCUT2D eigenvalue weighted by atomic mass is 32.1. The monoisotopic (exact) mass is 352 g/mol. The topological polar surface area (TPSA) is 41.9 Å². The smallest absolute Gasteiger partial charge is 0.109 e. The normalized spacial score (nSPS) is 11.4.